The summed E-state index contributed by atoms with van der Waals surface area (Å²) < 4.78 is 0. The minimum atomic E-state index is -0.729. The zero-order valence-electron chi connectivity index (χ0n) is 10.6. The third kappa shape index (κ3) is 2.74. The first kappa shape index (κ1) is 15.2. The Balaban J connectivity index is 0.00000162. The molecule has 3 nitrogen and oxygen atoms in total. The van der Waals surface area contributed by atoms with Gasteiger partial charge in [-0.3, -0.25) is 4.79 Å². The molecular formula is C14H20ClNO2. The summed E-state index contributed by atoms with van der Waals surface area (Å²) in [6, 6.07) is 9.26. The van der Waals surface area contributed by atoms with Crippen LogP contribution in [0.25, 0.3) is 0 Å². The average Bonchev–Trinajstić information content (AvgIpc) is 3.00. The molecule has 0 aromatic heterocycles. The third-order valence-corrected chi connectivity index (χ3v) is 3.58. The maximum absolute atomic E-state index is 11.8. The van der Waals surface area contributed by atoms with E-state index >= 15 is 0 Å². The molecule has 100 valence electrons. The molecule has 0 saturated heterocycles. The van der Waals surface area contributed by atoms with Crippen molar-refractivity contribution in [3.63, 3.8) is 0 Å². The van der Waals surface area contributed by atoms with Gasteiger partial charge in [0.15, 0.2) is 0 Å². The van der Waals surface area contributed by atoms with Gasteiger partial charge in [0, 0.05) is 6.04 Å². The summed E-state index contributed by atoms with van der Waals surface area (Å²) in [4.78, 5) is 11.8. The Morgan fingerprint density at radius 2 is 1.78 bits per heavy atom. The highest BCUT2D eigenvalue weighted by Crippen LogP contribution is 2.46. The summed E-state index contributed by atoms with van der Waals surface area (Å²) in [5.74, 6) is -0.180. The summed E-state index contributed by atoms with van der Waals surface area (Å²) in [6.45, 7) is 3.91. The zero-order chi connectivity index (χ0) is 12.6. The number of Topliss-reactive ketones (excluding diaryl/α,β-unsaturated/α-hetero) is 1. The molecule has 0 aliphatic heterocycles. The van der Waals surface area contributed by atoms with Gasteiger partial charge in [0.25, 0.3) is 0 Å². The molecule has 2 rings (SSSR count). The van der Waals surface area contributed by atoms with Crippen LogP contribution in [0.5, 0.6) is 0 Å². The first-order valence-corrected chi connectivity index (χ1v) is 6.06. The number of rotatable bonds is 4. The van der Waals surface area contributed by atoms with Gasteiger partial charge in [0.1, 0.15) is 5.78 Å². The van der Waals surface area contributed by atoms with Crippen LogP contribution in [0.4, 0.5) is 0 Å². The Labute approximate surface area is 114 Å². The Morgan fingerprint density at radius 3 is 2.28 bits per heavy atom. The molecular weight excluding hydrogens is 250 g/mol. The number of ketones is 1. The molecule has 0 amide bonds. The minimum absolute atomic E-state index is 0. The zero-order valence-corrected chi connectivity index (χ0v) is 11.4. The van der Waals surface area contributed by atoms with Gasteiger partial charge >= 0.3 is 0 Å². The number of benzene rings is 1. The third-order valence-electron chi connectivity index (χ3n) is 3.58. The van der Waals surface area contributed by atoms with Crippen LogP contribution in [0.15, 0.2) is 30.3 Å². The summed E-state index contributed by atoms with van der Waals surface area (Å²) in [6.07, 6.45) is -0.729. The van der Waals surface area contributed by atoms with Gasteiger partial charge in [0.05, 0.1) is 17.9 Å². The summed E-state index contributed by atoms with van der Waals surface area (Å²) in [5, 5.41) is 10.1. The van der Waals surface area contributed by atoms with Crippen molar-refractivity contribution < 1.29 is 9.90 Å². The van der Waals surface area contributed by atoms with Gasteiger partial charge in [-0.15, -0.1) is 12.4 Å². The molecule has 0 radical (unpaired) electrons. The quantitative estimate of drug-likeness (QED) is 0.875. The molecule has 1 saturated carbocycles. The van der Waals surface area contributed by atoms with Crippen molar-refractivity contribution in [3.05, 3.63) is 35.9 Å². The van der Waals surface area contributed by atoms with Crippen molar-refractivity contribution in [3.8, 4) is 0 Å². The van der Waals surface area contributed by atoms with Crippen molar-refractivity contribution in [2.45, 2.75) is 31.9 Å². The topological polar surface area (TPSA) is 63.3 Å². The fourth-order valence-electron chi connectivity index (χ4n) is 2.29. The van der Waals surface area contributed by atoms with Crippen LogP contribution in [-0.4, -0.2) is 23.0 Å². The molecule has 0 spiro atoms. The van der Waals surface area contributed by atoms with E-state index in [4.69, 9.17) is 5.73 Å². The second kappa shape index (κ2) is 5.83. The van der Waals surface area contributed by atoms with Crippen LogP contribution in [0.2, 0.25) is 0 Å². The highest BCUT2D eigenvalue weighted by molar-refractivity contribution is 6.05. The van der Waals surface area contributed by atoms with Crippen molar-refractivity contribution >= 4 is 18.2 Å². The minimum Gasteiger partial charge on any atom is -0.391 e. The standard InChI is InChI=1S/C14H19NO2.ClH/c1-8(2)12(15)14(17)11-10(13(11)16)9-6-4-3-5-7-9;/h3-8,10-12,14,17H,15H2,1-2H3;1H/t10?,11?,12-,14?;/m0./s1. The second-order valence-corrected chi connectivity index (χ2v) is 5.13. The molecule has 1 aliphatic carbocycles. The van der Waals surface area contributed by atoms with Gasteiger partial charge in [-0.1, -0.05) is 44.2 Å². The normalized spacial score (nSPS) is 25.5. The van der Waals surface area contributed by atoms with Crippen LogP contribution in [0.3, 0.4) is 0 Å². The molecule has 1 aliphatic rings. The predicted octanol–water partition coefficient (Wildman–Crippen LogP) is 1.74. The van der Waals surface area contributed by atoms with Crippen molar-refractivity contribution in [2.75, 3.05) is 0 Å². The summed E-state index contributed by atoms with van der Waals surface area (Å²) in [7, 11) is 0. The molecule has 18 heavy (non-hydrogen) atoms. The lowest BCUT2D eigenvalue weighted by molar-refractivity contribution is -0.112. The van der Waals surface area contributed by atoms with Crippen molar-refractivity contribution in [1.29, 1.82) is 0 Å². The largest absolute Gasteiger partial charge is 0.391 e. The van der Waals surface area contributed by atoms with Crippen LogP contribution in [0, 0.1) is 11.8 Å². The lowest BCUT2D eigenvalue weighted by Crippen LogP contribution is -2.41. The molecule has 3 unspecified atom stereocenters. The highest BCUT2D eigenvalue weighted by Gasteiger charge is 2.55. The van der Waals surface area contributed by atoms with E-state index in [0.717, 1.165) is 5.56 Å². The number of aliphatic hydroxyl groups is 1. The number of nitrogens with two attached hydrogens (primary N) is 1. The maximum Gasteiger partial charge on any atom is 0.147 e. The van der Waals surface area contributed by atoms with Gasteiger partial charge in [-0.05, 0) is 11.5 Å². The molecule has 3 N–H and O–H groups in total. The fraction of sp³-hybridized carbons (Fsp3) is 0.500. The van der Waals surface area contributed by atoms with E-state index < -0.39 is 6.10 Å². The van der Waals surface area contributed by atoms with Crippen LogP contribution < -0.4 is 5.73 Å². The van der Waals surface area contributed by atoms with E-state index in [9.17, 15) is 9.90 Å². The molecule has 0 bridgehead atoms. The Kier molecular flexibility index (Phi) is 4.91. The smallest absolute Gasteiger partial charge is 0.147 e. The van der Waals surface area contributed by atoms with Crippen molar-refractivity contribution in [1.82, 2.24) is 0 Å². The summed E-state index contributed by atoms with van der Waals surface area (Å²) >= 11 is 0. The Hall–Kier alpha value is -0.900. The molecule has 0 heterocycles. The molecule has 1 fully saturated rings. The number of hydrogen-bond donors (Lipinski definition) is 2. The highest BCUT2D eigenvalue weighted by atomic mass is 35.5. The van der Waals surface area contributed by atoms with Gasteiger partial charge in [-0.25, -0.2) is 0 Å². The van der Waals surface area contributed by atoms with Gasteiger partial charge in [0.2, 0.25) is 0 Å². The monoisotopic (exact) mass is 269 g/mol. The number of halogens is 1. The van der Waals surface area contributed by atoms with E-state index in [0.29, 0.717) is 0 Å². The van der Waals surface area contributed by atoms with E-state index in [-0.39, 0.29) is 42.0 Å². The summed E-state index contributed by atoms with van der Waals surface area (Å²) in [5.41, 5.74) is 6.89. The Morgan fingerprint density at radius 1 is 1.22 bits per heavy atom. The first-order chi connectivity index (χ1) is 8.04. The van der Waals surface area contributed by atoms with E-state index in [2.05, 4.69) is 0 Å². The molecule has 1 aromatic carbocycles. The van der Waals surface area contributed by atoms with Crippen LogP contribution in [0.1, 0.15) is 25.3 Å². The van der Waals surface area contributed by atoms with Gasteiger partial charge in [-0.2, -0.15) is 0 Å². The fourth-order valence-corrected chi connectivity index (χ4v) is 2.29. The second-order valence-electron chi connectivity index (χ2n) is 5.13. The van der Waals surface area contributed by atoms with Crippen molar-refractivity contribution in [2.24, 2.45) is 17.6 Å². The molecule has 1 aromatic rings. The number of hydrogen-bond acceptors (Lipinski definition) is 3. The first-order valence-electron chi connectivity index (χ1n) is 6.06. The molecule has 4 atom stereocenters. The van der Waals surface area contributed by atoms with E-state index in [1.54, 1.807) is 0 Å². The van der Waals surface area contributed by atoms with E-state index in [1.165, 1.54) is 0 Å². The maximum atomic E-state index is 11.8. The lowest BCUT2D eigenvalue weighted by atomic mass is 9.94. The number of carbonyl (C=O) groups is 1. The van der Waals surface area contributed by atoms with E-state index in [1.807, 2.05) is 44.2 Å². The number of aliphatic hydroxyl groups excluding tert-OH is 1. The SMILES string of the molecule is CC(C)[C@H](N)C(O)C1C(=O)C1c1ccccc1.Cl. The predicted molar refractivity (Wildman–Crippen MR) is 73.7 cm³/mol. The van der Waals surface area contributed by atoms with Crippen LogP contribution in [-0.2, 0) is 4.79 Å². The average molecular weight is 270 g/mol. The van der Waals surface area contributed by atoms with Gasteiger partial charge < -0.3 is 10.8 Å². The molecule has 4 heteroatoms. The lowest BCUT2D eigenvalue weighted by Gasteiger charge is -2.21. The van der Waals surface area contributed by atoms with Crippen LogP contribution >= 0.6 is 12.4 Å². The number of carbonyl (C=O) groups excluding carboxylic acids is 1. The Bertz CT molecular complexity index is 408.